The van der Waals surface area contributed by atoms with Crippen molar-refractivity contribution >= 4 is 35.0 Å². The van der Waals surface area contributed by atoms with Crippen molar-refractivity contribution in [3.63, 3.8) is 0 Å². The molecule has 0 aromatic heterocycles. The predicted molar refractivity (Wildman–Crippen MR) is 142 cm³/mol. The van der Waals surface area contributed by atoms with Crippen LogP contribution >= 0.6 is 23.2 Å². The SMILES string of the molecule is CCC(C(=O)NC(C)(C)C)N(Cc1c(Cl)cccc1Cl)C(=O)CCc1ccc(C(C)(C)C)cc1. The third kappa shape index (κ3) is 8.02. The van der Waals surface area contributed by atoms with E-state index in [4.69, 9.17) is 23.2 Å². The molecule has 2 amide bonds. The van der Waals surface area contributed by atoms with E-state index in [0.29, 0.717) is 28.5 Å². The van der Waals surface area contributed by atoms with Gasteiger partial charge in [-0.05, 0) is 62.3 Å². The first-order valence-electron chi connectivity index (χ1n) is 11.9. The number of halogens is 2. The lowest BCUT2D eigenvalue weighted by atomic mass is 9.86. The van der Waals surface area contributed by atoms with Crippen LogP contribution in [0.5, 0.6) is 0 Å². The Morgan fingerprint density at radius 1 is 0.941 bits per heavy atom. The number of carbonyl (C=O) groups excluding carboxylic acids is 2. The summed E-state index contributed by atoms with van der Waals surface area (Å²) in [6.07, 6.45) is 1.36. The topological polar surface area (TPSA) is 49.4 Å². The Balaban J connectivity index is 2.28. The molecular formula is C28H38Cl2N2O2. The monoisotopic (exact) mass is 504 g/mol. The maximum absolute atomic E-state index is 13.5. The summed E-state index contributed by atoms with van der Waals surface area (Å²) >= 11 is 12.8. The molecular weight excluding hydrogens is 467 g/mol. The molecule has 2 rings (SSSR count). The fourth-order valence-electron chi connectivity index (χ4n) is 3.79. The Morgan fingerprint density at radius 2 is 1.50 bits per heavy atom. The molecule has 2 aromatic carbocycles. The average Bonchev–Trinajstić information content (AvgIpc) is 2.72. The Bertz CT molecular complexity index is 969. The van der Waals surface area contributed by atoms with Gasteiger partial charge in [0.05, 0.1) is 0 Å². The fraction of sp³-hybridized carbons (Fsp3) is 0.500. The molecule has 2 aromatic rings. The largest absolute Gasteiger partial charge is 0.350 e. The van der Waals surface area contributed by atoms with E-state index >= 15 is 0 Å². The van der Waals surface area contributed by atoms with Crippen molar-refractivity contribution in [1.29, 1.82) is 0 Å². The summed E-state index contributed by atoms with van der Waals surface area (Å²) in [6, 6.07) is 13.0. The fourth-order valence-corrected chi connectivity index (χ4v) is 4.31. The molecule has 0 saturated heterocycles. The molecule has 1 unspecified atom stereocenters. The van der Waals surface area contributed by atoms with Crippen LogP contribution in [-0.4, -0.2) is 28.3 Å². The number of carbonyl (C=O) groups is 2. The summed E-state index contributed by atoms with van der Waals surface area (Å²) in [5, 5.41) is 3.98. The summed E-state index contributed by atoms with van der Waals surface area (Å²) in [5.74, 6) is -0.284. The lowest BCUT2D eigenvalue weighted by Gasteiger charge is -2.33. The van der Waals surface area contributed by atoms with E-state index in [1.54, 1.807) is 23.1 Å². The van der Waals surface area contributed by atoms with E-state index in [-0.39, 0.29) is 30.2 Å². The van der Waals surface area contributed by atoms with Crippen LogP contribution in [0.4, 0.5) is 0 Å². The summed E-state index contributed by atoms with van der Waals surface area (Å²) in [5.41, 5.74) is 2.66. The number of amides is 2. The van der Waals surface area contributed by atoms with Gasteiger partial charge in [0, 0.05) is 34.1 Å². The third-order valence-corrected chi connectivity index (χ3v) is 6.43. The number of nitrogens with one attached hydrogen (secondary N) is 1. The second kappa shape index (κ2) is 11.6. The first kappa shape index (κ1) is 28.2. The van der Waals surface area contributed by atoms with Crippen LogP contribution in [0.1, 0.15) is 78.0 Å². The lowest BCUT2D eigenvalue weighted by Crippen LogP contribution is -2.53. The zero-order valence-corrected chi connectivity index (χ0v) is 23.0. The lowest BCUT2D eigenvalue weighted by molar-refractivity contribution is -0.142. The predicted octanol–water partition coefficient (Wildman–Crippen LogP) is 6.95. The minimum Gasteiger partial charge on any atom is -0.350 e. The molecule has 6 heteroatoms. The number of rotatable bonds is 8. The van der Waals surface area contributed by atoms with Gasteiger partial charge in [0.25, 0.3) is 0 Å². The smallest absolute Gasteiger partial charge is 0.243 e. The van der Waals surface area contributed by atoms with E-state index < -0.39 is 11.6 Å². The van der Waals surface area contributed by atoms with Gasteiger partial charge in [-0.25, -0.2) is 0 Å². The molecule has 4 nitrogen and oxygen atoms in total. The van der Waals surface area contributed by atoms with Crippen molar-refractivity contribution in [3.05, 3.63) is 69.2 Å². The second-order valence-corrected chi connectivity index (χ2v) is 11.6. The maximum atomic E-state index is 13.5. The van der Waals surface area contributed by atoms with Gasteiger partial charge < -0.3 is 10.2 Å². The molecule has 0 radical (unpaired) electrons. The third-order valence-electron chi connectivity index (χ3n) is 5.72. The van der Waals surface area contributed by atoms with E-state index in [1.165, 1.54) is 5.56 Å². The van der Waals surface area contributed by atoms with Crippen LogP contribution < -0.4 is 5.32 Å². The minimum absolute atomic E-state index is 0.0775. The highest BCUT2D eigenvalue weighted by Crippen LogP contribution is 2.28. The summed E-state index contributed by atoms with van der Waals surface area (Å²) in [6.45, 7) is 14.4. The number of benzene rings is 2. The van der Waals surface area contributed by atoms with Gasteiger partial charge in [-0.15, -0.1) is 0 Å². The van der Waals surface area contributed by atoms with E-state index in [1.807, 2.05) is 27.7 Å². The van der Waals surface area contributed by atoms with Gasteiger partial charge >= 0.3 is 0 Å². The molecule has 34 heavy (non-hydrogen) atoms. The highest BCUT2D eigenvalue weighted by atomic mass is 35.5. The molecule has 0 saturated carbocycles. The van der Waals surface area contributed by atoms with Crippen molar-refractivity contribution in [3.8, 4) is 0 Å². The molecule has 0 bridgehead atoms. The van der Waals surface area contributed by atoms with Crippen molar-refractivity contribution in [2.75, 3.05) is 0 Å². The quantitative estimate of drug-likeness (QED) is 0.422. The highest BCUT2D eigenvalue weighted by Gasteiger charge is 2.31. The second-order valence-electron chi connectivity index (χ2n) is 10.8. The zero-order chi connectivity index (χ0) is 25.7. The zero-order valence-electron chi connectivity index (χ0n) is 21.5. The minimum atomic E-state index is -0.623. The van der Waals surface area contributed by atoms with Crippen LogP contribution in [0.2, 0.25) is 10.0 Å². The molecule has 1 atom stereocenters. The number of nitrogens with zero attached hydrogens (tertiary/aromatic N) is 1. The van der Waals surface area contributed by atoms with Crippen molar-refractivity contribution in [2.24, 2.45) is 0 Å². The van der Waals surface area contributed by atoms with E-state index in [2.05, 4.69) is 50.4 Å². The Hall–Kier alpha value is -2.04. The maximum Gasteiger partial charge on any atom is 0.243 e. The Morgan fingerprint density at radius 3 is 1.97 bits per heavy atom. The number of aryl methyl sites for hydroxylation is 1. The first-order chi connectivity index (χ1) is 15.7. The van der Waals surface area contributed by atoms with Crippen LogP contribution in [-0.2, 0) is 28.0 Å². The van der Waals surface area contributed by atoms with Gasteiger partial charge in [-0.1, -0.05) is 81.2 Å². The van der Waals surface area contributed by atoms with E-state index in [0.717, 1.165) is 5.56 Å². The molecule has 0 aliphatic carbocycles. The molecule has 0 heterocycles. The Labute approximate surface area is 215 Å². The van der Waals surface area contributed by atoms with Gasteiger partial charge in [0.1, 0.15) is 6.04 Å². The van der Waals surface area contributed by atoms with Gasteiger partial charge in [0.2, 0.25) is 11.8 Å². The summed E-state index contributed by atoms with van der Waals surface area (Å²) in [7, 11) is 0. The number of hydrogen-bond donors (Lipinski definition) is 1. The van der Waals surface area contributed by atoms with Gasteiger partial charge in [0.15, 0.2) is 0 Å². The average molecular weight is 506 g/mol. The molecule has 0 aliphatic rings. The van der Waals surface area contributed by atoms with E-state index in [9.17, 15) is 9.59 Å². The van der Waals surface area contributed by atoms with Crippen LogP contribution in [0.25, 0.3) is 0 Å². The number of hydrogen-bond acceptors (Lipinski definition) is 2. The molecule has 0 fully saturated rings. The van der Waals surface area contributed by atoms with Crippen LogP contribution in [0.3, 0.4) is 0 Å². The van der Waals surface area contributed by atoms with Crippen LogP contribution in [0, 0.1) is 0 Å². The van der Waals surface area contributed by atoms with Crippen LogP contribution in [0.15, 0.2) is 42.5 Å². The molecule has 186 valence electrons. The van der Waals surface area contributed by atoms with Crippen molar-refractivity contribution in [2.45, 2.75) is 91.3 Å². The standard InChI is InChI=1S/C28H38Cl2N2O2/c1-8-24(26(34)31-28(5,6)7)32(18-21-22(29)10-9-11-23(21)30)25(33)17-14-19-12-15-20(16-13-19)27(2,3)4/h9-13,15-16,24H,8,14,17-18H2,1-7H3,(H,31,34). The molecule has 0 aliphatic heterocycles. The van der Waals surface area contributed by atoms with Gasteiger partial charge in [-0.2, -0.15) is 0 Å². The summed E-state index contributed by atoms with van der Waals surface area (Å²) in [4.78, 5) is 28.3. The molecule has 0 spiro atoms. The molecule has 1 N–H and O–H groups in total. The Kier molecular flexibility index (Phi) is 9.62. The van der Waals surface area contributed by atoms with Crippen molar-refractivity contribution in [1.82, 2.24) is 10.2 Å². The summed E-state index contributed by atoms with van der Waals surface area (Å²) < 4.78 is 0. The van der Waals surface area contributed by atoms with Gasteiger partial charge in [-0.3, -0.25) is 9.59 Å². The normalized spacial score (nSPS) is 12.9. The highest BCUT2D eigenvalue weighted by molar-refractivity contribution is 6.36. The van der Waals surface area contributed by atoms with Crippen molar-refractivity contribution < 1.29 is 9.59 Å². The first-order valence-corrected chi connectivity index (χ1v) is 12.6.